The zero-order chi connectivity index (χ0) is 12.2. The normalized spacial score (nSPS) is 25.4. The zero-order valence-corrected chi connectivity index (χ0v) is 10.6. The van der Waals surface area contributed by atoms with Crippen LogP contribution in [0.3, 0.4) is 0 Å². The van der Waals surface area contributed by atoms with Crippen molar-refractivity contribution in [1.82, 2.24) is 4.90 Å². The Morgan fingerprint density at radius 2 is 2.19 bits per heavy atom. The summed E-state index contributed by atoms with van der Waals surface area (Å²) in [5.41, 5.74) is 5.26. The molecule has 0 bridgehead atoms. The van der Waals surface area contributed by atoms with Crippen molar-refractivity contribution in [2.75, 3.05) is 24.6 Å². The van der Waals surface area contributed by atoms with Crippen LogP contribution >= 0.6 is 0 Å². The molecule has 1 rings (SSSR count). The van der Waals surface area contributed by atoms with Crippen LogP contribution < -0.4 is 5.73 Å². The molecule has 1 saturated heterocycles. The molecule has 1 aliphatic heterocycles. The fourth-order valence-electron chi connectivity index (χ4n) is 2.00. The van der Waals surface area contributed by atoms with Gasteiger partial charge in [0, 0.05) is 19.0 Å². The van der Waals surface area contributed by atoms with Crippen molar-refractivity contribution in [2.24, 2.45) is 5.73 Å². The van der Waals surface area contributed by atoms with E-state index in [1.165, 1.54) is 0 Å². The number of hydrogen-bond donors (Lipinski definition) is 2. The second-order valence-corrected chi connectivity index (χ2v) is 6.71. The molecule has 0 aliphatic carbocycles. The molecule has 6 heteroatoms. The maximum atomic E-state index is 11.4. The molecule has 94 valence electrons. The molecule has 1 heterocycles. The Labute approximate surface area is 97.4 Å². The first kappa shape index (κ1) is 13.4. The number of nitrogens with two attached hydrogens (primary N) is 1. The lowest BCUT2D eigenvalue weighted by Crippen LogP contribution is -2.47. The minimum Gasteiger partial charge on any atom is -0.388 e. The molecule has 0 spiro atoms. The minimum absolute atomic E-state index is 0.121. The Balaban J connectivity index is 2.26. The summed E-state index contributed by atoms with van der Waals surface area (Å²) < 4.78 is 22.7. The van der Waals surface area contributed by atoms with Crippen molar-refractivity contribution in [3.8, 4) is 0 Å². The molecule has 1 atom stereocenters. The Morgan fingerprint density at radius 1 is 1.50 bits per heavy atom. The highest BCUT2D eigenvalue weighted by Crippen LogP contribution is 2.12. The first-order valence-corrected chi connectivity index (χ1v) is 7.50. The van der Waals surface area contributed by atoms with E-state index in [0.717, 1.165) is 19.4 Å². The fourth-order valence-corrected chi connectivity index (χ4v) is 3.62. The van der Waals surface area contributed by atoms with E-state index in [0.29, 0.717) is 13.0 Å². The SMILES string of the molecule is CC1CS(=O)(=O)CCN1CCCCC(=N)N. The van der Waals surface area contributed by atoms with Crippen LogP contribution in [-0.4, -0.2) is 49.8 Å². The van der Waals surface area contributed by atoms with Crippen LogP contribution in [0, 0.1) is 5.41 Å². The average Bonchev–Trinajstić information content (AvgIpc) is 2.13. The average molecular weight is 247 g/mol. The molecule has 1 fully saturated rings. The first-order chi connectivity index (χ1) is 7.41. The van der Waals surface area contributed by atoms with E-state index >= 15 is 0 Å². The van der Waals surface area contributed by atoms with E-state index in [9.17, 15) is 8.42 Å². The lowest BCUT2D eigenvalue weighted by Gasteiger charge is -2.32. The third kappa shape index (κ3) is 4.49. The van der Waals surface area contributed by atoms with Crippen LogP contribution in [0.5, 0.6) is 0 Å². The molecule has 16 heavy (non-hydrogen) atoms. The van der Waals surface area contributed by atoms with Crippen LogP contribution in [-0.2, 0) is 9.84 Å². The van der Waals surface area contributed by atoms with Crippen molar-refractivity contribution >= 4 is 15.7 Å². The van der Waals surface area contributed by atoms with E-state index in [2.05, 4.69) is 4.90 Å². The second kappa shape index (κ2) is 5.63. The van der Waals surface area contributed by atoms with Gasteiger partial charge in [-0.2, -0.15) is 0 Å². The minimum atomic E-state index is -2.80. The number of hydrogen-bond acceptors (Lipinski definition) is 4. The number of amidine groups is 1. The van der Waals surface area contributed by atoms with Gasteiger partial charge in [0.2, 0.25) is 0 Å². The summed E-state index contributed by atoms with van der Waals surface area (Å²) in [5, 5.41) is 7.09. The van der Waals surface area contributed by atoms with Gasteiger partial charge >= 0.3 is 0 Å². The van der Waals surface area contributed by atoms with Gasteiger partial charge in [-0.3, -0.25) is 10.3 Å². The first-order valence-electron chi connectivity index (χ1n) is 5.68. The van der Waals surface area contributed by atoms with Gasteiger partial charge in [-0.25, -0.2) is 8.42 Å². The van der Waals surface area contributed by atoms with E-state index in [1.807, 2.05) is 6.92 Å². The van der Waals surface area contributed by atoms with Crippen LogP contribution in [0.2, 0.25) is 0 Å². The number of unbranched alkanes of at least 4 members (excludes halogenated alkanes) is 1. The van der Waals surface area contributed by atoms with Crippen LogP contribution in [0.4, 0.5) is 0 Å². The summed E-state index contributed by atoms with van der Waals surface area (Å²) in [6.45, 7) is 3.51. The fraction of sp³-hybridized carbons (Fsp3) is 0.900. The summed E-state index contributed by atoms with van der Waals surface area (Å²) in [7, 11) is -2.80. The van der Waals surface area contributed by atoms with Gasteiger partial charge < -0.3 is 5.73 Å². The maximum Gasteiger partial charge on any atom is 0.153 e. The molecule has 1 aliphatic rings. The van der Waals surface area contributed by atoms with Gasteiger partial charge in [0.05, 0.1) is 17.3 Å². The van der Waals surface area contributed by atoms with Gasteiger partial charge in [-0.05, 0) is 26.3 Å². The summed E-state index contributed by atoms with van der Waals surface area (Å²) in [4.78, 5) is 2.21. The molecular weight excluding hydrogens is 226 g/mol. The van der Waals surface area contributed by atoms with Gasteiger partial charge in [0.15, 0.2) is 9.84 Å². The zero-order valence-electron chi connectivity index (χ0n) is 9.78. The van der Waals surface area contributed by atoms with Gasteiger partial charge in [0.25, 0.3) is 0 Å². The second-order valence-electron chi connectivity index (χ2n) is 4.48. The van der Waals surface area contributed by atoms with Crippen LogP contribution in [0.1, 0.15) is 26.2 Å². The van der Waals surface area contributed by atoms with E-state index in [1.54, 1.807) is 0 Å². The standard InChI is InChI=1S/C10H21N3O2S/c1-9-8-16(14,15)7-6-13(9)5-3-2-4-10(11)12/h9H,2-8H2,1H3,(H3,11,12). The van der Waals surface area contributed by atoms with E-state index in [4.69, 9.17) is 11.1 Å². The molecule has 0 radical (unpaired) electrons. The topological polar surface area (TPSA) is 87.2 Å². The van der Waals surface area contributed by atoms with Crippen molar-refractivity contribution in [3.05, 3.63) is 0 Å². The number of rotatable bonds is 5. The summed E-state index contributed by atoms with van der Waals surface area (Å²) in [5.74, 6) is 0.790. The Hall–Kier alpha value is -0.620. The molecule has 1 unspecified atom stereocenters. The highest BCUT2D eigenvalue weighted by atomic mass is 32.2. The Bertz CT molecular complexity index is 340. The highest BCUT2D eigenvalue weighted by molar-refractivity contribution is 7.91. The van der Waals surface area contributed by atoms with Gasteiger partial charge in [-0.1, -0.05) is 0 Å². The number of nitrogens with one attached hydrogen (secondary N) is 1. The lowest BCUT2D eigenvalue weighted by atomic mass is 10.2. The van der Waals surface area contributed by atoms with Gasteiger partial charge in [-0.15, -0.1) is 0 Å². The van der Waals surface area contributed by atoms with Crippen LogP contribution in [0.15, 0.2) is 0 Å². The molecule has 0 aromatic rings. The van der Waals surface area contributed by atoms with E-state index in [-0.39, 0.29) is 23.4 Å². The number of nitrogens with zero attached hydrogens (tertiary/aromatic N) is 1. The molecule has 0 aromatic carbocycles. The molecule has 0 aromatic heterocycles. The molecular formula is C10H21N3O2S. The van der Waals surface area contributed by atoms with Crippen molar-refractivity contribution in [2.45, 2.75) is 32.2 Å². The van der Waals surface area contributed by atoms with Crippen molar-refractivity contribution < 1.29 is 8.42 Å². The summed E-state index contributed by atoms with van der Waals surface area (Å²) in [6, 6.07) is 0.121. The predicted molar refractivity (Wildman–Crippen MR) is 65.5 cm³/mol. The predicted octanol–water partition coefficient (Wildman–Crippen LogP) is 0.212. The van der Waals surface area contributed by atoms with Crippen molar-refractivity contribution in [3.63, 3.8) is 0 Å². The Kier molecular flexibility index (Phi) is 4.73. The van der Waals surface area contributed by atoms with E-state index < -0.39 is 9.84 Å². The highest BCUT2D eigenvalue weighted by Gasteiger charge is 2.27. The van der Waals surface area contributed by atoms with Gasteiger partial charge in [0.1, 0.15) is 0 Å². The molecule has 0 saturated carbocycles. The largest absolute Gasteiger partial charge is 0.388 e. The monoisotopic (exact) mass is 247 g/mol. The molecule has 0 amide bonds. The lowest BCUT2D eigenvalue weighted by molar-refractivity contribution is 0.223. The molecule has 3 N–H and O–H groups in total. The Morgan fingerprint density at radius 3 is 2.75 bits per heavy atom. The third-order valence-electron chi connectivity index (χ3n) is 2.95. The quantitative estimate of drug-likeness (QED) is 0.413. The van der Waals surface area contributed by atoms with Crippen LogP contribution in [0.25, 0.3) is 0 Å². The maximum absolute atomic E-state index is 11.4. The summed E-state index contributed by atoms with van der Waals surface area (Å²) in [6.07, 6.45) is 2.52. The number of sulfone groups is 1. The molecule has 5 nitrogen and oxygen atoms in total. The smallest absolute Gasteiger partial charge is 0.153 e. The third-order valence-corrected chi connectivity index (χ3v) is 4.74. The van der Waals surface area contributed by atoms with Crippen molar-refractivity contribution in [1.29, 1.82) is 5.41 Å². The summed E-state index contributed by atoms with van der Waals surface area (Å²) >= 11 is 0.